The van der Waals surface area contributed by atoms with Crippen LogP contribution in [0.15, 0.2) is 47.5 Å². The summed E-state index contributed by atoms with van der Waals surface area (Å²) in [4.78, 5) is 4.67. The number of para-hydroxylation sites is 1. The highest BCUT2D eigenvalue weighted by Crippen LogP contribution is 2.28. The molecule has 1 aliphatic rings. The van der Waals surface area contributed by atoms with E-state index in [0.717, 1.165) is 35.1 Å². The summed E-state index contributed by atoms with van der Waals surface area (Å²) in [6.45, 7) is 5.81. The number of hydrogen-bond acceptors (Lipinski definition) is 2. The fourth-order valence-electron chi connectivity index (χ4n) is 2.55. The Morgan fingerprint density at radius 2 is 1.95 bits per heavy atom. The molecule has 112 valence electrons. The van der Waals surface area contributed by atoms with Gasteiger partial charge in [-0.15, -0.1) is 0 Å². The first-order valence-corrected chi connectivity index (χ1v) is 7.85. The van der Waals surface area contributed by atoms with E-state index in [-0.39, 0.29) is 0 Å². The maximum Gasteiger partial charge on any atom is 0.0668 e. The van der Waals surface area contributed by atoms with Crippen LogP contribution in [0.2, 0.25) is 5.02 Å². The zero-order chi connectivity index (χ0) is 15.5. The number of allylic oxidation sites excluding steroid dienone is 1. The molecule has 1 N–H and O–H groups in total. The SMILES string of the molecule is Cc1ccc(/C=C/C2=NCCNc3c(Cl)cccc32)cc1C. The Morgan fingerprint density at radius 1 is 1.09 bits per heavy atom. The van der Waals surface area contributed by atoms with Crippen molar-refractivity contribution in [3.8, 4) is 0 Å². The minimum Gasteiger partial charge on any atom is -0.381 e. The molecule has 2 aromatic carbocycles. The molecule has 0 aromatic heterocycles. The first-order valence-electron chi connectivity index (χ1n) is 7.48. The standard InChI is InChI=1S/C19H19ClN2/c1-13-6-7-15(12-14(13)2)8-9-18-16-4-3-5-17(20)19(16)22-11-10-21-18/h3-9,12,22H,10-11H2,1-2H3/b9-8+. The molecule has 0 amide bonds. The molecular formula is C19H19ClN2. The first kappa shape index (κ1) is 14.9. The van der Waals surface area contributed by atoms with E-state index in [2.05, 4.69) is 60.6 Å². The van der Waals surface area contributed by atoms with Crippen molar-refractivity contribution >= 4 is 29.1 Å². The molecule has 0 bridgehead atoms. The van der Waals surface area contributed by atoms with E-state index in [1.807, 2.05) is 12.1 Å². The van der Waals surface area contributed by atoms with Crippen LogP contribution in [0.3, 0.4) is 0 Å². The van der Waals surface area contributed by atoms with Gasteiger partial charge in [-0.2, -0.15) is 0 Å². The fraction of sp³-hybridized carbons (Fsp3) is 0.211. The lowest BCUT2D eigenvalue weighted by molar-refractivity contribution is 1.04. The van der Waals surface area contributed by atoms with E-state index in [1.54, 1.807) is 0 Å². The summed E-state index contributed by atoms with van der Waals surface area (Å²) in [6, 6.07) is 12.4. The average molecular weight is 311 g/mol. The second-order valence-corrected chi connectivity index (χ2v) is 5.94. The van der Waals surface area contributed by atoms with Gasteiger partial charge in [0, 0.05) is 12.1 Å². The molecule has 1 heterocycles. The van der Waals surface area contributed by atoms with Crippen molar-refractivity contribution in [2.24, 2.45) is 4.99 Å². The number of rotatable bonds is 2. The molecule has 2 nitrogen and oxygen atoms in total. The zero-order valence-corrected chi connectivity index (χ0v) is 13.6. The number of aliphatic imine (C=N–C) groups is 1. The number of nitrogens with one attached hydrogen (secondary N) is 1. The van der Waals surface area contributed by atoms with Crippen LogP contribution in [0.4, 0.5) is 5.69 Å². The summed E-state index contributed by atoms with van der Waals surface area (Å²) < 4.78 is 0. The van der Waals surface area contributed by atoms with Crippen molar-refractivity contribution in [3.63, 3.8) is 0 Å². The Hall–Kier alpha value is -2.06. The van der Waals surface area contributed by atoms with Crippen molar-refractivity contribution in [2.45, 2.75) is 13.8 Å². The third-order valence-corrected chi connectivity index (χ3v) is 4.26. The second-order valence-electron chi connectivity index (χ2n) is 5.53. The third-order valence-electron chi connectivity index (χ3n) is 3.95. The number of nitrogens with zero attached hydrogens (tertiary/aromatic N) is 1. The van der Waals surface area contributed by atoms with Gasteiger partial charge in [0.1, 0.15) is 0 Å². The van der Waals surface area contributed by atoms with E-state index < -0.39 is 0 Å². The van der Waals surface area contributed by atoms with Crippen molar-refractivity contribution in [3.05, 3.63) is 69.8 Å². The molecule has 0 saturated carbocycles. The monoisotopic (exact) mass is 310 g/mol. The first-order chi connectivity index (χ1) is 10.6. The van der Waals surface area contributed by atoms with E-state index in [9.17, 15) is 0 Å². The normalized spacial score (nSPS) is 14.2. The van der Waals surface area contributed by atoms with Gasteiger partial charge in [0.15, 0.2) is 0 Å². The molecule has 3 heteroatoms. The van der Waals surface area contributed by atoms with Gasteiger partial charge in [-0.1, -0.05) is 48.0 Å². The molecular weight excluding hydrogens is 292 g/mol. The quantitative estimate of drug-likeness (QED) is 0.839. The van der Waals surface area contributed by atoms with Crippen LogP contribution in [0, 0.1) is 13.8 Å². The number of hydrogen-bond donors (Lipinski definition) is 1. The lowest BCUT2D eigenvalue weighted by atomic mass is 10.0. The molecule has 1 aliphatic heterocycles. The van der Waals surface area contributed by atoms with Crippen molar-refractivity contribution in [1.82, 2.24) is 0 Å². The van der Waals surface area contributed by atoms with E-state index >= 15 is 0 Å². The number of fused-ring (bicyclic) bond motifs is 1. The van der Waals surface area contributed by atoms with Crippen LogP contribution < -0.4 is 5.32 Å². The van der Waals surface area contributed by atoms with Gasteiger partial charge in [0.2, 0.25) is 0 Å². The van der Waals surface area contributed by atoms with Crippen LogP contribution in [0.5, 0.6) is 0 Å². The number of halogens is 1. The van der Waals surface area contributed by atoms with Crippen LogP contribution >= 0.6 is 11.6 Å². The molecule has 0 spiro atoms. The van der Waals surface area contributed by atoms with Gasteiger partial charge < -0.3 is 5.32 Å². The Kier molecular flexibility index (Phi) is 4.30. The third kappa shape index (κ3) is 3.07. The van der Waals surface area contributed by atoms with Gasteiger partial charge >= 0.3 is 0 Å². The fourth-order valence-corrected chi connectivity index (χ4v) is 2.79. The minimum atomic E-state index is 0.742. The summed E-state index contributed by atoms with van der Waals surface area (Å²) in [5, 5.41) is 4.10. The Bertz CT molecular complexity index is 760. The lowest BCUT2D eigenvalue weighted by Crippen LogP contribution is -2.04. The molecule has 0 fully saturated rings. The molecule has 22 heavy (non-hydrogen) atoms. The Morgan fingerprint density at radius 3 is 2.77 bits per heavy atom. The lowest BCUT2D eigenvalue weighted by Gasteiger charge is -2.09. The number of aryl methyl sites for hydroxylation is 2. The molecule has 0 radical (unpaired) electrons. The predicted molar refractivity (Wildman–Crippen MR) is 96.3 cm³/mol. The summed E-state index contributed by atoms with van der Waals surface area (Å²) in [5.74, 6) is 0. The van der Waals surface area contributed by atoms with Gasteiger partial charge in [0.25, 0.3) is 0 Å². The van der Waals surface area contributed by atoms with E-state index in [0.29, 0.717) is 0 Å². The van der Waals surface area contributed by atoms with Crippen LogP contribution in [-0.4, -0.2) is 18.8 Å². The Balaban J connectivity index is 1.95. The zero-order valence-electron chi connectivity index (χ0n) is 12.9. The van der Waals surface area contributed by atoms with Gasteiger partial charge in [-0.25, -0.2) is 0 Å². The molecule has 2 aromatic rings. The topological polar surface area (TPSA) is 24.4 Å². The maximum absolute atomic E-state index is 6.29. The number of benzodiazepines with no additional fused rings is 1. The van der Waals surface area contributed by atoms with Gasteiger partial charge in [-0.05, 0) is 42.7 Å². The molecule has 0 saturated heterocycles. The molecule has 0 atom stereocenters. The molecule has 0 unspecified atom stereocenters. The van der Waals surface area contributed by atoms with Gasteiger partial charge in [0.05, 0.1) is 23.0 Å². The second kappa shape index (κ2) is 6.37. The smallest absolute Gasteiger partial charge is 0.0668 e. The summed E-state index contributed by atoms with van der Waals surface area (Å²) in [5.41, 5.74) is 6.81. The van der Waals surface area contributed by atoms with Gasteiger partial charge in [-0.3, -0.25) is 4.99 Å². The highest BCUT2D eigenvalue weighted by atomic mass is 35.5. The van der Waals surface area contributed by atoms with Crippen molar-refractivity contribution in [2.75, 3.05) is 18.4 Å². The number of anilines is 1. The highest BCUT2D eigenvalue weighted by molar-refractivity contribution is 6.34. The van der Waals surface area contributed by atoms with Crippen molar-refractivity contribution < 1.29 is 0 Å². The van der Waals surface area contributed by atoms with Crippen LogP contribution in [0.25, 0.3) is 6.08 Å². The average Bonchev–Trinajstić information content (AvgIpc) is 2.72. The summed E-state index contributed by atoms with van der Waals surface area (Å²) >= 11 is 6.29. The summed E-state index contributed by atoms with van der Waals surface area (Å²) in [7, 11) is 0. The summed E-state index contributed by atoms with van der Waals surface area (Å²) in [6.07, 6.45) is 4.19. The molecule has 0 aliphatic carbocycles. The van der Waals surface area contributed by atoms with E-state index in [4.69, 9.17) is 11.6 Å². The van der Waals surface area contributed by atoms with E-state index in [1.165, 1.54) is 16.7 Å². The largest absolute Gasteiger partial charge is 0.381 e. The van der Waals surface area contributed by atoms with Crippen molar-refractivity contribution in [1.29, 1.82) is 0 Å². The predicted octanol–water partition coefficient (Wildman–Crippen LogP) is 4.88. The van der Waals surface area contributed by atoms with Crippen LogP contribution in [0.1, 0.15) is 22.3 Å². The minimum absolute atomic E-state index is 0.742. The molecule has 3 rings (SSSR count). The Labute approximate surface area is 136 Å². The maximum atomic E-state index is 6.29. The highest BCUT2D eigenvalue weighted by Gasteiger charge is 2.12. The van der Waals surface area contributed by atoms with Crippen LogP contribution in [-0.2, 0) is 0 Å². The number of benzene rings is 2.